The lowest BCUT2D eigenvalue weighted by Crippen LogP contribution is -2.49. The van der Waals surface area contributed by atoms with Crippen LogP contribution in [0, 0.1) is 0 Å². The standard InChI is InChI=1S/C19H21NO4S/c1-24-18(21)19(16-8-4-2-5-9-16)12-14-20(15-13-19)25(22,23)17-10-6-3-7-11-17/h2-11H,12-15H2,1H3. The van der Waals surface area contributed by atoms with Gasteiger partial charge in [0.2, 0.25) is 10.0 Å². The van der Waals surface area contributed by atoms with Crippen LogP contribution in [0.5, 0.6) is 0 Å². The molecule has 0 aromatic heterocycles. The fraction of sp³-hybridized carbons (Fsp3) is 0.316. The molecule has 132 valence electrons. The second-order valence-electron chi connectivity index (χ2n) is 6.16. The fourth-order valence-corrected chi connectivity index (χ4v) is 4.88. The van der Waals surface area contributed by atoms with Crippen molar-refractivity contribution < 1.29 is 17.9 Å². The maximum atomic E-state index is 12.8. The van der Waals surface area contributed by atoms with Gasteiger partial charge in [-0.15, -0.1) is 0 Å². The minimum absolute atomic E-state index is 0.278. The number of ether oxygens (including phenoxy) is 1. The number of methoxy groups -OCH3 is 1. The molecule has 1 aliphatic heterocycles. The Morgan fingerprint density at radius 1 is 0.960 bits per heavy atom. The first-order valence-electron chi connectivity index (χ1n) is 8.20. The number of hydrogen-bond donors (Lipinski definition) is 0. The van der Waals surface area contributed by atoms with Crippen LogP contribution in [-0.4, -0.2) is 38.9 Å². The predicted molar refractivity (Wildman–Crippen MR) is 94.6 cm³/mol. The van der Waals surface area contributed by atoms with Crippen molar-refractivity contribution in [1.82, 2.24) is 4.31 Å². The predicted octanol–water partition coefficient (Wildman–Crippen LogP) is 2.58. The Bertz CT molecular complexity index is 826. The van der Waals surface area contributed by atoms with Gasteiger partial charge in [-0.3, -0.25) is 4.79 Å². The van der Waals surface area contributed by atoms with Gasteiger partial charge in [0.25, 0.3) is 0 Å². The highest BCUT2D eigenvalue weighted by atomic mass is 32.2. The number of carbonyl (C=O) groups excluding carboxylic acids is 1. The minimum atomic E-state index is -3.55. The lowest BCUT2D eigenvalue weighted by molar-refractivity contribution is -0.149. The summed E-state index contributed by atoms with van der Waals surface area (Å²) in [4.78, 5) is 12.8. The van der Waals surface area contributed by atoms with Crippen LogP contribution in [0.1, 0.15) is 18.4 Å². The van der Waals surface area contributed by atoms with Crippen molar-refractivity contribution in [3.8, 4) is 0 Å². The van der Waals surface area contributed by atoms with Gasteiger partial charge in [0.1, 0.15) is 0 Å². The zero-order chi connectivity index (χ0) is 17.9. The Kier molecular flexibility index (Phi) is 4.92. The van der Waals surface area contributed by atoms with Crippen LogP contribution in [0.25, 0.3) is 0 Å². The van der Waals surface area contributed by atoms with Gasteiger partial charge in [-0.1, -0.05) is 48.5 Å². The number of sulfonamides is 1. The molecule has 0 saturated carbocycles. The Labute approximate surface area is 148 Å². The second kappa shape index (κ2) is 6.98. The van der Waals surface area contributed by atoms with Crippen LogP contribution in [0.2, 0.25) is 0 Å². The van der Waals surface area contributed by atoms with Crippen LogP contribution in [0.15, 0.2) is 65.6 Å². The first-order chi connectivity index (χ1) is 12.0. The molecule has 0 aliphatic carbocycles. The third kappa shape index (κ3) is 3.19. The first-order valence-corrected chi connectivity index (χ1v) is 9.64. The molecule has 1 heterocycles. The van der Waals surface area contributed by atoms with Crippen molar-refractivity contribution in [2.24, 2.45) is 0 Å². The van der Waals surface area contributed by atoms with Gasteiger partial charge in [0, 0.05) is 13.1 Å². The molecule has 0 radical (unpaired) electrons. The summed E-state index contributed by atoms with van der Waals surface area (Å²) in [6.45, 7) is 0.558. The highest BCUT2D eigenvalue weighted by Gasteiger charge is 2.46. The quantitative estimate of drug-likeness (QED) is 0.787. The van der Waals surface area contributed by atoms with E-state index in [1.165, 1.54) is 11.4 Å². The van der Waals surface area contributed by atoms with Gasteiger partial charge in [-0.25, -0.2) is 8.42 Å². The summed E-state index contributed by atoms with van der Waals surface area (Å²) in [6.07, 6.45) is 0.797. The van der Waals surface area contributed by atoms with Crippen molar-refractivity contribution in [1.29, 1.82) is 0 Å². The molecule has 5 nitrogen and oxygen atoms in total. The summed E-state index contributed by atoms with van der Waals surface area (Å²) in [6, 6.07) is 17.8. The number of rotatable bonds is 4. The largest absolute Gasteiger partial charge is 0.468 e. The van der Waals surface area contributed by atoms with E-state index >= 15 is 0 Å². The number of esters is 1. The molecule has 0 spiro atoms. The summed E-state index contributed by atoms with van der Waals surface area (Å²) in [5.74, 6) is -0.310. The fourth-order valence-electron chi connectivity index (χ4n) is 3.41. The highest BCUT2D eigenvalue weighted by Crippen LogP contribution is 2.38. The van der Waals surface area contributed by atoms with Crippen LogP contribution in [-0.2, 0) is 25.0 Å². The van der Waals surface area contributed by atoms with E-state index in [0.717, 1.165) is 5.56 Å². The summed E-state index contributed by atoms with van der Waals surface area (Å²) >= 11 is 0. The maximum absolute atomic E-state index is 12.8. The molecule has 6 heteroatoms. The van der Waals surface area contributed by atoms with E-state index in [4.69, 9.17) is 4.74 Å². The van der Waals surface area contributed by atoms with Crippen LogP contribution >= 0.6 is 0 Å². The molecule has 2 aromatic carbocycles. The van der Waals surface area contributed by atoms with E-state index in [0.29, 0.717) is 12.8 Å². The molecule has 2 aromatic rings. The Morgan fingerprint density at radius 3 is 2.00 bits per heavy atom. The monoisotopic (exact) mass is 359 g/mol. The zero-order valence-corrected chi connectivity index (χ0v) is 14.9. The SMILES string of the molecule is COC(=O)C1(c2ccccc2)CCN(S(=O)(=O)c2ccccc2)CC1. The molecule has 3 rings (SSSR count). The molecule has 25 heavy (non-hydrogen) atoms. The molecule has 0 amide bonds. The van der Waals surface area contributed by atoms with Crippen LogP contribution in [0.3, 0.4) is 0 Å². The van der Waals surface area contributed by atoms with Crippen molar-refractivity contribution in [3.05, 3.63) is 66.2 Å². The van der Waals surface area contributed by atoms with E-state index in [1.807, 2.05) is 30.3 Å². The molecule has 1 aliphatic rings. The average molecular weight is 359 g/mol. The normalized spacial score (nSPS) is 17.8. The summed E-state index contributed by atoms with van der Waals surface area (Å²) in [5, 5.41) is 0. The number of benzene rings is 2. The highest BCUT2D eigenvalue weighted by molar-refractivity contribution is 7.89. The Morgan fingerprint density at radius 2 is 1.48 bits per heavy atom. The van der Waals surface area contributed by atoms with E-state index in [-0.39, 0.29) is 24.0 Å². The number of piperidine rings is 1. The summed E-state index contributed by atoms with van der Waals surface area (Å²) in [7, 11) is -2.17. The second-order valence-corrected chi connectivity index (χ2v) is 8.09. The van der Waals surface area contributed by atoms with Crippen molar-refractivity contribution in [2.45, 2.75) is 23.2 Å². The molecule has 0 bridgehead atoms. The molecule has 0 unspecified atom stereocenters. The molecule has 0 atom stereocenters. The molecule has 0 N–H and O–H groups in total. The van der Waals surface area contributed by atoms with Crippen LogP contribution in [0.4, 0.5) is 0 Å². The van der Waals surface area contributed by atoms with Gasteiger partial charge in [-0.05, 0) is 30.5 Å². The maximum Gasteiger partial charge on any atom is 0.316 e. The van der Waals surface area contributed by atoms with Gasteiger partial charge < -0.3 is 4.74 Å². The van der Waals surface area contributed by atoms with E-state index in [2.05, 4.69) is 0 Å². The summed E-state index contributed by atoms with van der Waals surface area (Å²) in [5.41, 5.74) is 0.0808. The number of nitrogens with zero attached hydrogens (tertiary/aromatic N) is 1. The topological polar surface area (TPSA) is 63.7 Å². The molecule has 1 saturated heterocycles. The van der Waals surface area contributed by atoms with Crippen molar-refractivity contribution in [3.63, 3.8) is 0 Å². The average Bonchev–Trinajstić information content (AvgIpc) is 2.68. The Balaban J connectivity index is 1.87. The Hall–Kier alpha value is -2.18. The van der Waals surface area contributed by atoms with E-state index in [9.17, 15) is 13.2 Å². The lowest BCUT2D eigenvalue weighted by atomic mass is 9.73. The number of hydrogen-bond acceptors (Lipinski definition) is 4. The third-order valence-electron chi connectivity index (χ3n) is 4.86. The lowest BCUT2D eigenvalue weighted by Gasteiger charge is -2.39. The third-order valence-corrected chi connectivity index (χ3v) is 6.77. The van der Waals surface area contributed by atoms with Crippen molar-refractivity contribution >= 4 is 16.0 Å². The van der Waals surface area contributed by atoms with Crippen molar-refractivity contribution in [2.75, 3.05) is 20.2 Å². The summed E-state index contributed by atoms with van der Waals surface area (Å²) < 4.78 is 32.1. The van der Waals surface area contributed by atoms with Gasteiger partial charge in [-0.2, -0.15) is 4.31 Å². The van der Waals surface area contributed by atoms with E-state index in [1.54, 1.807) is 30.3 Å². The van der Waals surface area contributed by atoms with Gasteiger partial charge in [0.15, 0.2) is 0 Å². The molecular formula is C19H21NO4S. The molecule has 1 fully saturated rings. The smallest absolute Gasteiger partial charge is 0.316 e. The minimum Gasteiger partial charge on any atom is -0.468 e. The van der Waals surface area contributed by atoms with E-state index < -0.39 is 15.4 Å². The van der Waals surface area contributed by atoms with Gasteiger partial charge in [0.05, 0.1) is 17.4 Å². The van der Waals surface area contributed by atoms with Gasteiger partial charge >= 0.3 is 5.97 Å². The zero-order valence-electron chi connectivity index (χ0n) is 14.1. The first kappa shape index (κ1) is 17.6. The molecular weight excluding hydrogens is 338 g/mol. The van der Waals surface area contributed by atoms with Crippen LogP contribution < -0.4 is 0 Å². The number of carbonyl (C=O) groups is 1.